The van der Waals surface area contributed by atoms with Crippen LogP contribution in [-0.2, 0) is 11.2 Å². The molecule has 1 fully saturated rings. The minimum absolute atomic E-state index is 0.143. The van der Waals surface area contributed by atoms with Crippen molar-refractivity contribution in [2.24, 2.45) is 0 Å². The molecule has 1 N–H and O–H groups in total. The second kappa shape index (κ2) is 6.27. The van der Waals surface area contributed by atoms with Crippen LogP contribution >= 0.6 is 15.9 Å². The summed E-state index contributed by atoms with van der Waals surface area (Å²) in [6.07, 6.45) is 4.34. The molecule has 0 aliphatic carbocycles. The molecule has 2 heterocycles. The third-order valence-electron chi connectivity index (χ3n) is 4.55. The van der Waals surface area contributed by atoms with E-state index in [1.165, 1.54) is 11.1 Å². The van der Waals surface area contributed by atoms with E-state index >= 15 is 0 Å². The van der Waals surface area contributed by atoms with E-state index in [1.54, 1.807) is 0 Å². The van der Waals surface area contributed by atoms with E-state index in [4.69, 9.17) is 9.47 Å². The Bertz CT molecular complexity index is 512. The van der Waals surface area contributed by atoms with Crippen LogP contribution in [-0.4, -0.2) is 25.4 Å². The van der Waals surface area contributed by atoms with E-state index in [0.29, 0.717) is 0 Å². The molecule has 0 bridgehead atoms. The maximum absolute atomic E-state index is 6.12. The number of ether oxygens (including phenoxy) is 2. The first-order valence-corrected chi connectivity index (χ1v) is 8.76. The molecule has 1 aromatic carbocycles. The Morgan fingerprint density at radius 2 is 2.24 bits per heavy atom. The van der Waals surface area contributed by atoms with Crippen molar-refractivity contribution in [3.05, 3.63) is 27.7 Å². The summed E-state index contributed by atoms with van der Waals surface area (Å²) in [4.78, 5) is 0. The summed E-state index contributed by atoms with van der Waals surface area (Å²) >= 11 is 3.65. The van der Waals surface area contributed by atoms with E-state index in [9.17, 15) is 0 Å². The molecule has 3 rings (SSSR count). The molecule has 0 amide bonds. The highest BCUT2D eigenvalue weighted by atomic mass is 79.9. The number of halogens is 1. The lowest BCUT2D eigenvalue weighted by Gasteiger charge is -2.35. The van der Waals surface area contributed by atoms with Crippen molar-refractivity contribution in [3.63, 3.8) is 0 Å². The fourth-order valence-electron chi connectivity index (χ4n) is 3.48. The number of nitrogens with one attached hydrogen (secondary N) is 1. The number of hydrogen-bond acceptors (Lipinski definition) is 3. The van der Waals surface area contributed by atoms with Crippen LogP contribution in [0.15, 0.2) is 16.6 Å². The van der Waals surface area contributed by atoms with E-state index in [1.807, 2.05) is 0 Å². The van der Waals surface area contributed by atoms with Crippen LogP contribution in [0.5, 0.6) is 5.75 Å². The Morgan fingerprint density at radius 3 is 2.95 bits per heavy atom. The molecule has 2 unspecified atom stereocenters. The molecular weight excluding hydrogens is 330 g/mol. The van der Waals surface area contributed by atoms with Gasteiger partial charge in [0.15, 0.2) is 0 Å². The van der Waals surface area contributed by atoms with Gasteiger partial charge in [-0.25, -0.2) is 0 Å². The van der Waals surface area contributed by atoms with Crippen LogP contribution in [0.1, 0.15) is 50.3 Å². The van der Waals surface area contributed by atoms with Gasteiger partial charge in [0.2, 0.25) is 0 Å². The SMILES string of the molecule is CCCNC(c1cc(Br)cc2c1OCC2)C1(C)CCCO1. The smallest absolute Gasteiger partial charge is 0.127 e. The van der Waals surface area contributed by atoms with Crippen molar-refractivity contribution >= 4 is 15.9 Å². The van der Waals surface area contributed by atoms with Crippen molar-refractivity contribution in [2.75, 3.05) is 19.8 Å². The zero-order valence-corrected chi connectivity index (χ0v) is 14.5. The van der Waals surface area contributed by atoms with Crippen molar-refractivity contribution in [3.8, 4) is 5.75 Å². The number of benzene rings is 1. The number of rotatable bonds is 5. The lowest BCUT2D eigenvalue weighted by atomic mass is 9.86. The standard InChI is InChI=1S/C17H24BrNO2/c1-3-7-19-16(17(2)6-4-8-21-17)14-11-13(18)10-12-5-9-20-15(12)14/h10-11,16,19H,3-9H2,1-2H3. The molecule has 0 spiro atoms. The molecule has 1 aromatic rings. The number of hydrogen-bond donors (Lipinski definition) is 1. The Morgan fingerprint density at radius 1 is 1.38 bits per heavy atom. The Labute approximate surface area is 135 Å². The van der Waals surface area contributed by atoms with Crippen LogP contribution in [0, 0.1) is 0 Å². The van der Waals surface area contributed by atoms with Gasteiger partial charge in [0, 0.05) is 23.1 Å². The molecule has 2 aliphatic rings. The van der Waals surface area contributed by atoms with E-state index in [0.717, 1.165) is 55.7 Å². The Kier molecular flexibility index (Phi) is 4.57. The summed E-state index contributed by atoms with van der Waals surface area (Å²) < 4.78 is 13.2. The maximum atomic E-state index is 6.12. The summed E-state index contributed by atoms with van der Waals surface area (Å²) in [5.41, 5.74) is 2.41. The fourth-order valence-corrected chi connectivity index (χ4v) is 4.01. The van der Waals surface area contributed by atoms with Gasteiger partial charge in [-0.3, -0.25) is 0 Å². The largest absolute Gasteiger partial charge is 0.493 e. The lowest BCUT2D eigenvalue weighted by Crippen LogP contribution is -2.41. The maximum Gasteiger partial charge on any atom is 0.127 e. The molecule has 4 heteroatoms. The topological polar surface area (TPSA) is 30.5 Å². The minimum atomic E-state index is -0.143. The van der Waals surface area contributed by atoms with Crippen molar-refractivity contribution in [1.82, 2.24) is 5.32 Å². The normalized spacial score (nSPS) is 25.7. The second-order valence-corrected chi connectivity index (χ2v) is 7.15. The first kappa shape index (κ1) is 15.3. The van der Waals surface area contributed by atoms with Crippen LogP contribution in [0.3, 0.4) is 0 Å². The van der Waals surface area contributed by atoms with Crippen LogP contribution < -0.4 is 10.1 Å². The van der Waals surface area contributed by atoms with Gasteiger partial charge >= 0.3 is 0 Å². The minimum Gasteiger partial charge on any atom is -0.493 e. The zero-order chi connectivity index (χ0) is 14.9. The van der Waals surface area contributed by atoms with Crippen molar-refractivity contribution in [1.29, 1.82) is 0 Å². The van der Waals surface area contributed by atoms with Gasteiger partial charge in [0.05, 0.1) is 18.2 Å². The van der Waals surface area contributed by atoms with Gasteiger partial charge in [0.25, 0.3) is 0 Å². The summed E-state index contributed by atoms with van der Waals surface area (Å²) in [6, 6.07) is 4.56. The van der Waals surface area contributed by atoms with Gasteiger partial charge in [0.1, 0.15) is 5.75 Å². The summed E-state index contributed by atoms with van der Waals surface area (Å²) in [5, 5.41) is 3.70. The molecule has 21 heavy (non-hydrogen) atoms. The molecule has 2 atom stereocenters. The third-order valence-corrected chi connectivity index (χ3v) is 5.00. The first-order valence-electron chi connectivity index (χ1n) is 7.96. The van der Waals surface area contributed by atoms with Crippen LogP contribution in [0.2, 0.25) is 0 Å². The average Bonchev–Trinajstić information content (AvgIpc) is 3.08. The molecule has 0 saturated carbocycles. The Hall–Kier alpha value is -0.580. The van der Waals surface area contributed by atoms with E-state index in [2.05, 4.69) is 47.2 Å². The van der Waals surface area contributed by atoms with Gasteiger partial charge in [-0.15, -0.1) is 0 Å². The second-order valence-electron chi connectivity index (χ2n) is 6.23. The van der Waals surface area contributed by atoms with Crippen molar-refractivity contribution in [2.45, 2.75) is 51.2 Å². The van der Waals surface area contributed by atoms with Gasteiger partial charge < -0.3 is 14.8 Å². The fraction of sp³-hybridized carbons (Fsp3) is 0.647. The predicted octanol–water partition coefficient (Wildman–Crippen LogP) is 3.99. The summed E-state index contributed by atoms with van der Waals surface area (Å²) in [7, 11) is 0. The molecular formula is C17H24BrNO2. The number of fused-ring (bicyclic) bond motifs is 1. The molecule has 116 valence electrons. The average molecular weight is 354 g/mol. The summed E-state index contributed by atoms with van der Waals surface area (Å²) in [6.45, 7) is 7.07. The molecule has 3 nitrogen and oxygen atoms in total. The molecule has 0 aromatic heterocycles. The summed E-state index contributed by atoms with van der Waals surface area (Å²) in [5.74, 6) is 1.07. The predicted molar refractivity (Wildman–Crippen MR) is 88.0 cm³/mol. The van der Waals surface area contributed by atoms with Gasteiger partial charge in [-0.05, 0) is 50.4 Å². The highest BCUT2D eigenvalue weighted by Gasteiger charge is 2.41. The lowest BCUT2D eigenvalue weighted by molar-refractivity contribution is -0.0130. The van der Waals surface area contributed by atoms with Crippen LogP contribution in [0.25, 0.3) is 0 Å². The Balaban J connectivity index is 2.00. The highest BCUT2D eigenvalue weighted by molar-refractivity contribution is 9.10. The highest BCUT2D eigenvalue weighted by Crippen LogP contribution is 2.44. The molecule has 0 radical (unpaired) electrons. The van der Waals surface area contributed by atoms with E-state index in [-0.39, 0.29) is 11.6 Å². The van der Waals surface area contributed by atoms with Gasteiger partial charge in [-0.2, -0.15) is 0 Å². The van der Waals surface area contributed by atoms with Crippen molar-refractivity contribution < 1.29 is 9.47 Å². The zero-order valence-electron chi connectivity index (χ0n) is 12.9. The third kappa shape index (κ3) is 2.99. The monoisotopic (exact) mass is 353 g/mol. The molecule has 1 saturated heterocycles. The van der Waals surface area contributed by atoms with Gasteiger partial charge in [-0.1, -0.05) is 22.9 Å². The quantitative estimate of drug-likeness (QED) is 0.867. The first-order chi connectivity index (χ1) is 10.1. The van der Waals surface area contributed by atoms with E-state index < -0.39 is 0 Å². The molecule has 2 aliphatic heterocycles. The van der Waals surface area contributed by atoms with Crippen LogP contribution in [0.4, 0.5) is 0 Å².